The standard InChI is InChI=1S/C24H19BrN2O2/c1-2-29-24(28)23-21(17-9-5-3-6-10-17)22(18-13-15-19(25)16-14-18)26-27(23)20-11-7-4-8-12-20/h3-16H,2H2,1H3. The van der Waals surface area contributed by atoms with E-state index in [9.17, 15) is 4.79 Å². The van der Waals surface area contributed by atoms with Crippen molar-refractivity contribution in [3.63, 3.8) is 0 Å². The summed E-state index contributed by atoms with van der Waals surface area (Å²) in [6, 6.07) is 27.4. The summed E-state index contributed by atoms with van der Waals surface area (Å²) in [6.07, 6.45) is 0. The van der Waals surface area contributed by atoms with Crippen molar-refractivity contribution >= 4 is 21.9 Å². The van der Waals surface area contributed by atoms with Gasteiger partial charge in [0.2, 0.25) is 0 Å². The summed E-state index contributed by atoms with van der Waals surface area (Å²) >= 11 is 3.48. The number of esters is 1. The zero-order valence-corrected chi connectivity index (χ0v) is 17.5. The van der Waals surface area contributed by atoms with Crippen molar-refractivity contribution in [2.45, 2.75) is 6.92 Å². The molecule has 0 saturated heterocycles. The van der Waals surface area contributed by atoms with Crippen LogP contribution in [0.25, 0.3) is 28.1 Å². The van der Waals surface area contributed by atoms with Crippen LogP contribution in [0, 0.1) is 0 Å². The monoisotopic (exact) mass is 446 g/mol. The minimum Gasteiger partial charge on any atom is -0.461 e. The summed E-state index contributed by atoms with van der Waals surface area (Å²) in [5.74, 6) is -0.397. The molecule has 4 rings (SSSR count). The Morgan fingerprint density at radius 2 is 1.52 bits per heavy atom. The van der Waals surface area contributed by atoms with Crippen LogP contribution in [0.5, 0.6) is 0 Å². The molecule has 0 unspecified atom stereocenters. The van der Waals surface area contributed by atoms with E-state index in [0.29, 0.717) is 12.3 Å². The van der Waals surface area contributed by atoms with Crippen molar-refractivity contribution < 1.29 is 9.53 Å². The molecule has 0 aliphatic carbocycles. The summed E-state index contributed by atoms with van der Waals surface area (Å²) in [6.45, 7) is 2.10. The van der Waals surface area contributed by atoms with Gasteiger partial charge in [0.1, 0.15) is 5.69 Å². The lowest BCUT2D eigenvalue weighted by Crippen LogP contribution is -2.13. The van der Waals surface area contributed by atoms with Crippen molar-refractivity contribution in [3.8, 4) is 28.1 Å². The Bertz CT molecular complexity index is 1120. The van der Waals surface area contributed by atoms with Gasteiger partial charge in [-0.1, -0.05) is 76.6 Å². The van der Waals surface area contributed by atoms with E-state index in [4.69, 9.17) is 9.84 Å². The van der Waals surface area contributed by atoms with Gasteiger partial charge in [-0.3, -0.25) is 0 Å². The second kappa shape index (κ2) is 8.45. The second-order valence-corrected chi connectivity index (χ2v) is 7.33. The molecular formula is C24H19BrN2O2. The first-order valence-electron chi connectivity index (χ1n) is 9.36. The first-order chi connectivity index (χ1) is 14.2. The van der Waals surface area contributed by atoms with Gasteiger partial charge in [-0.25, -0.2) is 9.48 Å². The SMILES string of the molecule is CCOC(=O)c1c(-c2ccccc2)c(-c2ccc(Br)cc2)nn1-c1ccccc1. The summed E-state index contributed by atoms with van der Waals surface area (Å²) in [7, 11) is 0. The third-order valence-electron chi connectivity index (χ3n) is 4.54. The van der Waals surface area contributed by atoms with Crippen molar-refractivity contribution in [2.24, 2.45) is 0 Å². The molecule has 4 nitrogen and oxygen atoms in total. The van der Waals surface area contributed by atoms with Crippen LogP contribution < -0.4 is 0 Å². The first kappa shape index (κ1) is 19.2. The number of para-hydroxylation sites is 1. The molecular weight excluding hydrogens is 428 g/mol. The van der Waals surface area contributed by atoms with Gasteiger partial charge in [-0.2, -0.15) is 5.10 Å². The van der Waals surface area contributed by atoms with Gasteiger partial charge < -0.3 is 4.74 Å². The van der Waals surface area contributed by atoms with Crippen LogP contribution in [0.3, 0.4) is 0 Å². The second-order valence-electron chi connectivity index (χ2n) is 6.41. The zero-order valence-electron chi connectivity index (χ0n) is 15.9. The van der Waals surface area contributed by atoms with E-state index in [1.807, 2.05) is 84.9 Å². The van der Waals surface area contributed by atoms with E-state index in [1.165, 1.54) is 0 Å². The fraction of sp³-hybridized carbons (Fsp3) is 0.0833. The molecule has 0 atom stereocenters. The summed E-state index contributed by atoms with van der Waals surface area (Å²) in [5, 5.41) is 4.86. The molecule has 1 heterocycles. The molecule has 0 spiro atoms. The normalized spacial score (nSPS) is 10.7. The molecule has 0 fully saturated rings. The summed E-state index contributed by atoms with van der Waals surface area (Å²) in [4.78, 5) is 13.0. The molecule has 0 amide bonds. The maximum Gasteiger partial charge on any atom is 0.357 e. The van der Waals surface area contributed by atoms with Crippen molar-refractivity contribution in [1.29, 1.82) is 0 Å². The average molecular weight is 447 g/mol. The largest absolute Gasteiger partial charge is 0.461 e. The van der Waals surface area contributed by atoms with E-state index in [0.717, 1.165) is 32.5 Å². The molecule has 144 valence electrons. The van der Waals surface area contributed by atoms with E-state index in [2.05, 4.69) is 15.9 Å². The Morgan fingerprint density at radius 3 is 2.14 bits per heavy atom. The number of carbonyl (C=O) groups excluding carboxylic acids is 1. The predicted molar refractivity (Wildman–Crippen MR) is 118 cm³/mol. The molecule has 1 aromatic heterocycles. The van der Waals surface area contributed by atoms with E-state index in [1.54, 1.807) is 11.6 Å². The quantitative estimate of drug-likeness (QED) is 0.345. The van der Waals surface area contributed by atoms with Crippen LogP contribution >= 0.6 is 15.9 Å². The summed E-state index contributed by atoms with van der Waals surface area (Å²) < 4.78 is 8.07. The average Bonchev–Trinajstić information content (AvgIpc) is 3.16. The van der Waals surface area contributed by atoms with Crippen molar-refractivity contribution in [2.75, 3.05) is 6.61 Å². The van der Waals surface area contributed by atoms with E-state index >= 15 is 0 Å². The van der Waals surface area contributed by atoms with Gasteiger partial charge in [0.05, 0.1) is 12.3 Å². The van der Waals surface area contributed by atoms with Crippen LogP contribution in [0.4, 0.5) is 0 Å². The third kappa shape index (κ3) is 3.87. The Kier molecular flexibility index (Phi) is 5.58. The number of nitrogens with zero attached hydrogens (tertiary/aromatic N) is 2. The van der Waals surface area contributed by atoms with Crippen LogP contribution in [0.1, 0.15) is 17.4 Å². The lowest BCUT2D eigenvalue weighted by molar-refractivity contribution is 0.0516. The van der Waals surface area contributed by atoms with Gasteiger partial charge in [-0.05, 0) is 36.8 Å². The number of ether oxygens (including phenoxy) is 1. The van der Waals surface area contributed by atoms with Gasteiger partial charge >= 0.3 is 5.97 Å². The van der Waals surface area contributed by atoms with Gasteiger partial charge in [-0.15, -0.1) is 0 Å². The van der Waals surface area contributed by atoms with Crippen molar-refractivity contribution in [3.05, 3.63) is 95.1 Å². The van der Waals surface area contributed by atoms with Crippen LogP contribution in [0.2, 0.25) is 0 Å². The van der Waals surface area contributed by atoms with Crippen molar-refractivity contribution in [1.82, 2.24) is 9.78 Å². The fourth-order valence-corrected chi connectivity index (χ4v) is 3.51. The lowest BCUT2D eigenvalue weighted by Gasteiger charge is -2.09. The molecule has 0 radical (unpaired) electrons. The Morgan fingerprint density at radius 1 is 0.897 bits per heavy atom. The number of carbonyl (C=O) groups is 1. The highest BCUT2D eigenvalue weighted by Gasteiger charge is 2.27. The first-order valence-corrected chi connectivity index (χ1v) is 10.1. The highest BCUT2D eigenvalue weighted by Crippen LogP contribution is 2.36. The van der Waals surface area contributed by atoms with Gasteiger partial charge in [0.15, 0.2) is 5.69 Å². The summed E-state index contributed by atoms with van der Waals surface area (Å²) in [5.41, 5.74) is 4.55. The number of hydrogen-bond donors (Lipinski definition) is 0. The Labute approximate surface area is 177 Å². The van der Waals surface area contributed by atoms with Gasteiger partial charge in [0.25, 0.3) is 0 Å². The number of halogens is 1. The number of hydrogen-bond acceptors (Lipinski definition) is 3. The smallest absolute Gasteiger partial charge is 0.357 e. The predicted octanol–water partition coefficient (Wildman–Crippen LogP) is 6.15. The molecule has 3 aromatic carbocycles. The minimum absolute atomic E-state index is 0.292. The number of aromatic nitrogens is 2. The Balaban J connectivity index is 2.04. The topological polar surface area (TPSA) is 44.1 Å². The maximum atomic E-state index is 13.0. The zero-order chi connectivity index (χ0) is 20.2. The third-order valence-corrected chi connectivity index (χ3v) is 5.06. The van der Waals surface area contributed by atoms with Crippen LogP contribution in [-0.2, 0) is 4.74 Å². The van der Waals surface area contributed by atoms with Gasteiger partial charge in [0, 0.05) is 15.6 Å². The molecule has 0 aliphatic heterocycles. The molecule has 4 aromatic rings. The lowest BCUT2D eigenvalue weighted by atomic mass is 9.99. The number of benzene rings is 3. The molecule has 0 bridgehead atoms. The molecule has 0 aliphatic rings. The highest BCUT2D eigenvalue weighted by atomic mass is 79.9. The maximum absolute atomic E-state index is 13.0. The molecule has 5 heteroatoms. The number of rotatable bonds is 5. The molecule has 0 N–H and O–H groups in total. The van der Waals surface area contributed by atoms with Crippen LogP contribution in [0.15, 0.2) is 89.4 Å². The van der Waals surface area contributed by atoms with Crippen LogP contribution in [-0.4, -0.2) is 22.4 Å². The fourth-order valence-electron chi connectivity index (χ4n) is 3.25. The minimum atomic E-state index is -0.397. The molecule has 0 saturated carbocycles. The van der Waals surface area contributed by atoms with E-state index < -0.39 is 5.97 Å². The molecule has 29 heavy (non-hydrogen) atoms. The highest BCUT2D eigenvalue weighted by molar-refractivity contribution is 9.10. The Hall–Kier alpha value is -3.18. The van der Waals surface area contributed by atoms with E-state index in [-0.39, 0.29) is 0 Å².